The van der Waals surface area contributed by atoms with Crippen LogP contribution in [-0.2, 0) is 27.5 Å². The standard InChI is InChI=1S/C27H28FN5O5/c1-2-14-31-18-24(34)32-22(12-13-25(35)36)26(37)30(16-20-8-10-21(28)11-9-20)17-23(32)33(31)27(38)29-15-19-6-4-3-5-7-19/h1,3-11,22-23H,12-18H2,(H,29,38)(H,35,36)/t22-,23-/m0/s1. The van der Waals surface area contributed by atoms with Crippen LogP contribution in [0.1, 0.15) is 24.0 Å². The molecule has 0 saturated carbocycles. The highest BCUT2D eigenvalue weighted by molar-refractivity contribution is 5.91. The van der Waals surface area contributed by atoms with Crippen molar-refractivity contribution in [2.75, 3.05) is 19.6 Å². The Morgan fingerprint density at radius 1 is 1.08 bits per heavy atom. The molecule has 4 amide bonds. The van der Waals surface area contributed by atoms with E-state index >= 15 is 0 Å². The first-order valence-corrected chi connectivity index (χ1v) is 12.1. The maximum absolute atomic E-state index is 13.5. The minimum atomic E-state index is -1.11. The number of nitrogens with zero attached hydrogens (tertiary/aromatic N) is 4. The molecule has 0 aliphatic carbocycles. The highest BCUT2D eigenvalue weighted by Crippen LogP contribution is 2.29. The number of hydrazine groups is 1. The van der Waals surface area contributed by atoms with Gasteiger partial charge < -0.3 is 20.2 Å². The van der Waals surface area contributed by atoms with E-state index in [9.17, 15) is 28.7 Å². The zero-order valence-corrected chi connectivity index (χ0v) is 20.6. The number of piperazine rings is 1. The smallest absolute Gasteiger partial charge is 0.334 e. The minimum absolute atomic E-state index is 0.0272. The zero-order chi connectivity index (χ0) is 27.2. The third kappa shape index (κ3) is 5.92. The van der Waals surface area contributed by atoms with Gasteiger partial charge in [0.05, 0.1) is 19.6 Å². The van der Waals surface area contributed by atoms with Crippen molar-refractivity contribution in [2.24, 2.45) is 0 Å². The number of hydrogen-bond acceptors (Lipinski definition) is 5. The van der Waals surface area contributed by atoms with Crippen LogP contribution in [0, 0.1) is 18.2 Å². The molecule has 2 aromatic rings. The highest BCUT2D eigenvalue weighted by atomic mass is 19.1. The van der Waals surface area contributed by atoms with E-state index in [4.69, 9.17) is 6.42 Å². The zero-order valence-electron chi connectivity index (χ0n) is 20.6. The van der Waals surface area contributed by atoms with Gasteiger partial charge in [-0.3, -0.25) is 14.4 Å². The van der Waals surface area contributed by atoms with Crippen molar-refractivity contribution in [3.63, 3.8) is 0 Å². The molecule has 2 aliphatic heterocycles. The fourth-order valence-corrected chi connectivity index (χ4v) is 4.78. The Balaban J connectivity index is 1.65. The molecule has 2 atom stereocenters. The van der Waals surface area contributed by atoms with E-state index in [0.29, 0.717) is 5.56 Å². The van der Waals surface area contributed by atoms with Crippen molar-refractivity contribution in [2.45, 2.75) is 38.1 Å². The lowest BCUT2D eigenvalue weighted by atomic mass is 10.0. The van der Waals surface area contributed by atoms with Crippen LogP contribution in [0.25, 0.3) is 0 Å². The van der Waals surface area contributed by atoms with Crippen LogP contribution in [0.5, 0.6) is 0 Å². The van der Waals surface area contributed by atoms with Crippen LogP contribution >= 0.6 is 0 Å². The first-order chi connectivity index (χ1) is 18.3. The summed E-state index contributed by atoms with van der Waals surface area (Å²) in [5.41, 5.74) is 1.51. The van der Waals surface area contributed by atoms with Gasteiger partial charge in [0.2, 0.25) is 11.8 Å². The molecule has 0 spiro atoms. The Morgan fingerprint density at radius 2 is 1.79 bits per heavy atom. The van der Waals surface area contributed by atoms with Gasteiger partial charge in [0, 0.05) is 19.5 Å². The van der Waals surface area contributed by atoms with Gasteiger partial charge in [-0.15, -0.1) is 6.42 Å². The summed E-state index contributed by atoms with van der Waals surface area (Å²) >= 11 is 0. The lowest BCUT2D eigenvalue weighted by Gasteiger charge is -2.54. The van der Waals surface area contributed by atoms with Crippen LogP contribution in [0.3, 0.4) is 0 Å². The van der Waals surface area contributed by atoms with Gasteiger partial charge in [-0.1, -0.05) is 48.4 Å². The monoisotopic (exact) mass is 521 g/mol. The number of fused-ring (bicyclic) bond motifs is 1. The summed E-state index contributed by atoms with van der Waals surface area (Å²) in [6.07, 6.45) is 4.16. The van der Waals surface area contributed by atoms with Crippen LogP contribution in [0.2, 0.25) is 0 Å². The number of urea groups is 1. The van der Waals surface area contributed by atoms with Gasteiger partial charge in [0.25, 0.3) is 0 Å². The Morgan fingerprint density at radius 3 is 2.45 bits per heavy atom. The van der Waals surface area contributed by atoms with Gasteiger partial charge in [-0.25, -0.2) is 14.2 Å². The van der Waals surface area contributed by atoms with E-state index < -0.39 is 41.8 Å². The number of hydrogen-bond donors (Lipinski definition) is 2. The maximum Gasteiger partial charge on any atom is 0.334 e. The van der Waals surface area contributed by atoms with Crippen molar-refractivity contribution in [3.8, 4) is 12.3 Å². The number of halogens is 1. The second-order valence-electron chi connectivity index (χ2n) is 9.09. The number of rotatable bonds is 8. The first kappa shape index (κ1) is 26.6. The fraction of sp³-hybridized carbons (Fsp3) is 0.333. The molecule has 2 aromatic carbocycles. The molecule has 0 unspecified atom stereocenters. The topological polar surface area (TPSA) is 114 Å². The van der Waals surface area contributed by atoms with E-state index in [1.54, 1.807) is 12.1 Å². The molecule has 0 radical (unpaired) electrons. The molecule has 38 heavy (non-hydrogen) atoms. The summed E-state index contributed by atoms with van der Waals surface area (Å²) in [7, 11) is 0. The van der Waals surface area contributed by atoms with Gasteiger partial charge >= 0.3 is 12.0 Å². The average Bonchev–Trinajstić information content (AvgIpc) is 2.89. The van der Waals surface area contributed by atoms with E-state index in [0.717, 1.165) is 5.56 Å². The van der Waals surface area contributed by atoms with Gasteiger partial charge in [-0.2, -0.15) is 5.01 Å². The number of nitrogens with one attached hydrogen (secondary N) is 1. The quantitative estimate of drug-likeness (QED) is 0.511. The van der Waals surface area contributed by atoms with Crippen LogP contribution in [-0.4, -0.2) is 80.6 Å². The Bertz CT molecular complexity index is 1230. The molecule has 2 aliphatic rings. The summed E-state index contributed by atoms with van der Waals surface area (Å²) in [6, 6.07) is 13.3. The molecule has 0 aromatic heterocycles. The van der Waals surface area contributed by atoms with E-state index in [1.807, 2.05) is 30.3 Å². The summed E-state index contributed by atoms with van der Waals surface area (Å²) in [5, 5.41) is 14.9. The largest absolute Gasteiger partial charge is 0.481 e. The van der Waals surface area contributed by atoms with E-state index in [2.05, 4.69) is 11.2 Å². The number of carboxylic acids is 1. The molecule has 11 heteroatoms. The molecular formula is C27H28FN5O5. The Hall–Kier alpha value is -4.43. The van der Waals surface area contributed by atoms with Crippen molar-refractivity contribution < 1.29 is 28.7 Å². The lowest BCUT2D eigenvalue weighted by Crippen LogP contribution is -2.76. The molecule has 0 bridgehead atoms. The lowest BCUT2D eigenvalue weighted by molar-refractivity contribution is -0.190. The predicted molar refractivity (Wildman–Crippen MR) is 134 cm³/mol. The van der Waals surface area contributed by atoms with Crippen molar-refractivity contribution in [1.82, 2.24) is 25.1 Å². The number of carboxylic acid groups (broad SMARTS) is 1. The van der Waals surface area contributed by atoms with E-state index in [-0.39, 0.29) is 45.6 Å². The van der Waals surface area contributed by atoms with Crippen molar-refractivity contribution >= 4 is 23.8 Å². The molecule has 4 rings (SSSR count). The number of aliphatic carboxylic acids is 1. The van der Waals surface area contributed by atoms with Crippen molar-refractivity contribution in [3.05, 3.63) is 71.5 Å². The maximum atomic E-state index is 13.5. The minimum Gasteiger partial charge on any atom is -0.481 e. The number of amides is 4. The normalized spacial score (nSPS) is 19.6. The molecule has 2 saturated heterocycles. The number of terminal acetylenes is 1. The molecule has 2 heterocycles. The van der Waals surface area contributed by atoms with Crippen LogP contribution in [0.4, 0.5) is 9.18 Å². The Kier molecular flexibility index (Phi) is 8.23. The summed E-state index contributed by atoms with van der Waals surface area (Å²) in [5.74, 6) is 0.0719. The fourth-order valence-electron chi connectivity index (χ4n) is 4.78. The third-order valence-electron chi connectivity index (χ3n) is 6.52. The second-order valence-corrected chi connectivity index (χ2v) is 9.09. The summed E-state index contributed by atoms with van der Waals surface area (Å²) in [4.78, 5) is 54.4. The molecule has 198 valence electrons. The number of benzene rings is 2. The Labute approximate surface area is 219 Å². The first-order valence-electron chi connectivity index (χ1n) is 12.1. The molecule has 2 fully saturated rings. The SMILES string of the molecule is C#CCN1CC(=O)N2[C@@H](CCC(=O)O)C(=O)N(Cc3ccc(F)cc3)C[C@@H]2N1C(=O)NCc1ccccc1. The van der Waals surface area contributed by atoms with Crippen LogP contribution < -0.4 is 5.32 Å². The molecular weight excluding hydrogens is 493 g/mol. The number of carbonyl (C=O) groups excluding carboxylic acids is 3. The van der Waals surface area contributed by atoms with Gasteiger partial charge in [-0.05, 0) is 29.7 Å². The van der Waals surface area contributed by atoms with Gasteiger partial charge in [0.15, 0.2) is 0 Å². The van der Waals surface area contributed by atoms with Crippen LogP contribution in [0.15, 0.2) is 54.6 Å². The predicted octanol–water partition coefficient (Wildman–Crippen LogP) is 1.63. The van der Waals surface area contributed by atoms with Crippen molar-refractivity contribution in [1.29, 1.82) is 0 Å². The molecule has 10 nitrogen and oxygen atoms in total. The second kappa shape index (κ2) is 11.7. The average molecular weight is 522 g/mol. The molecule has 2 N–H and O–H groups in total. The van der Waals surface area contributed by atoms with E-state index in [1.165, 1.54) is 32.0 Å². The highest BCUT2D eigenvalue weighted by Gasteiger charge is 2.51. The summed E-state index contributed by atoms with van der Waals surface area (Å²) in [6.45, 7) is 0.0113. The third-order valence-corrected chi connectivity index (χ3v) is 6.52. The number of carbonyl (C=O) groups is 4. The summed E-state index contributed by atoms with van der Waals surface area (Å²) < 4.78 is 13.4. The van der Waals surface area contributed by atoms with Gasteiger partial charge in [0.1, 0.15) is 18.0 Å².